The van der Waals surface area contributed by atoms with E-state index < -0.39 is 5.92 Å². The molecule has 0 aliphatic carbocycles. The zero-order valence-corrected chi connectivity index (χ0v) is 20.3. The molecule has 186 valence electrons. The summed E-state index contributed by atoms with van der Waals surface area (Å²) in [7, 11) is 1.59. The van der Waals surface area contributed by atoms with Crippen molar-refractivity contribution in [1.29, 1.82) is 0 Å². The molecule has 0 saturated heterocycles. The van der Waals surface area contributed by atoms with Crippen molar-refractivity contribution in [1.82, 2.24) is 19.9 Å². The number of amides is 1. The third kappa shape index (κ3) is 4.99. The summed E-state index contributed by atoms with van der Waals surface area (Å²) in [5.41, 5.74) is 2.45. The highest BCUT2D eigenvalue weighted by Crippen LogP contribution is 2.38. The van der Waals surface area contributed by atoms with Gasteiger partial charge in [-0.15, -0.1) is 0 Å². The number of hydrogen-bond donors (Lipinski definition) is 2. The lowest BCUT2D eigenvalue weighted by molar-refractivity contribution is -0.121. The maximum atomic E-state index is 13.0. The van der Waals surface area contributed by atoms with Crippen LogP contribution in [0.3, 0.4) is 0 Å². The molecule has 2 aromatic heterocycles. The standard InChI is InChI=1S/C29H26N4O4/c1-37-21-11-8-19(9-12-21)24(22-13-10-20-5-4-14-31-27(20)28(22)35)17-26(34)30-15-16-33-18-32-25-7-3-2-6-23(25)29(33)36/h2-14,18,24,35H,15-17H2,1H3,(H,30,34). The second kappa shape index (κ2) is 10.5. The third-order valence-corrected chi connectivity index (χ3v) is 6.47. The van der Waals surface area contributed by atoms with Gasteiger partial charge in [0.25, 0.3) is 5.56 Å². The molecule has 5 rings (SSSR count). The molecule has 0 saturated carbocycles. The molecule has 5 aromatic rings. The summed E-state index contributed by atoms with van der Waals surface area (Å²) in [5.74, 6) is 0.136. The van der Waals surface area contributed by atoms with Crippen LogP contribution in [0.25, 0.3) is 21.8 Å². The minimum Gasteiger partial charge on any atom is -0.505 e. The lowest BCUT2D eigenvalue weighted by Gasteiger charge is -2.20. The van der Waals surface area contributed by atoms with E-state index in [9.17, 15) is 14.7 Å². The first kappa shape index (κ1) is 24.0. The highest BCUT2D eigenvalue weighted by Gasteiger charge is 2.23. The Morgan fingerprint density at radius 1 is 1.03 bits per heavy atom. The SMILES string of the molecule is COc1ccc(C(CC(=O)NCCn2cnc3ccccc3c2=O)c2ccc3cccnc3c2O)cc1. The first-order valence-electron chi connectivity index (χ1n) is 12.0. The lowest BCUT2D eigenvalue weighted by Crippen LogP contribution is -2.31. The number of benzene rings is 3. The molecule has 1 unspecified atom stereocenters. The summed E-state index contributed by atoms with van der Waals surface area (Å²) in [5, 5.41) is 15.3. The molecule has 0 aliphatic rings. The van der Waals surface area contributed by atoms with Gasteiger partial charge in [0, 0.05) is 42.6 Å². The van der Waals surface area contributed by atoms with Crippen molar-refractivity contribution in [3.63, 3.8) is 0 Å². The second-order valence-electron chi connectivity index (χ2n) is 8.72. The number of hydrogen-bond acceptors (Lipinski definition) is 6. The van der Waals surface area contributed by atoms with Gasteiger partial charge in [0.15, 0.2) is 0 Å². The van der Waals surface area contributed by atoms with E-state index in [1.807, 2.05) is 54.6 Å². The highest BCUT2D eigenvalue weighted by atomic mass is 16.5. The first-order valence-corrected chi connectivity index (χ1v) is 12.0. The zero-order chi connectivity index (χ0) is 25.8. The maximum absolute atomic E-state index is 13.0. The quantitative estimate of drug-likeness (QED) is 0.338. The molecule has 0 fully saturated rings. The summed E-state index contributed by atoms with van der Waals surface area (Å²) >= 11 is 0. The van der Waals surface area contributed by atoms with Gasteiger partial charge in [-0.3, -0.25) is 19.1 Å². The number of rotatable bonds is 8. The molecule has 37 heavy (non-hydrogen) atoms. The number of nitrogens with one attached hydrogen (secondary N) is 1. The molecule has 1 atom stereocenters. The number of nitrogens with zero attached hydrogens (tertiary/aromatic N) is 3. The number of pyridine rings is 1. The third-order valence-electron chi connectivity index (χ3n) is 6.47. The van der Waals surface area contributed by atoms with E-state index in [2.05, 4.69) is 15.3 Å². The van der Waals surface area contributed by atoms with Crippen molar-refractivity contribution in [2.75, 3.05) is 13.7 Å². The molecule has 0 radical (unpaired) electrons. The van der Waals surface area contributed by atoms with Crippen LogP contribution in [0.1, 0.15) is 23.5 Å². The molecular formula is C29H26N4O4. The van der Waals surface area contributed by atoms with Crippen LogP contribution in [0.4, 0.5) is 0 Å². The Kier molecular flexibility index (Phi) is 6.81. The topological polar surface area (TPSA) is 106 Å². The van der Waals surface area contributed by atoms with E-state index in [1.54, 1.807) is 31.5 Å². The van der Waals surface area contributed by atoms with Gasteiger partial charge in [-0.05, 0) is 35.9 Å². The fraction of sp³-hybridized carbons (Fsp3) is 0.172. The number of ether oxygens (including phenoxy) is 1. The number of carbonyl (C=O) groups excluding carboxylic acids is 1. The van der Waals surface area contributed by atoms with E-state index in [1.165, 1.54) is 10.9 Å². The fourth-order valence-electron chi connectivity index (χ4n) is 4.51. The van der Waals surface area contributed by atoms with E-state index in [0.717, 1.165) is 10.9 Å². The number of phenols is 1. The Morgan fingerprint density at radius 2 is 1.84 bits per heavy atom. The van der Waals surface area contributed by atoms with Gasteiger partial charge in [-0.25, -0.2) is 4.98 Å². The average Bonchev–Trinajstić information content (AvgIpc) is 2.94. The van der Waals surface area contributed by atoms with Crippen molar-refractivity contribution in [3.8, 4) is 11.5 Å². The number of phenolic OH excluding ortho intramolecular Hbond substituents is 1. The summed E-state index contributed by atoms with van der Waals surface area (Å²) in [6.45, 7) is 0.556. The minimum atomic E-state index is -0.414. The summed E-state index contributed by atoms with van der Waals surface area (Å²) < 4.78 is 6.77. The molecule has 0 bridgehead atoms. The van der Waals surface area contributed by atoms with E-state index >= 15 is 0 Å². The Labute approximate surface area is 213 Å². The highest BCUT2D eigenvalue weighted by molar-refractivity contribution is 5.86. The second-order valence-corrected chi connectivity index (χ2v) is 8.72. The summed E-state index contributed by atoms with van der Waals surface area (Å²) in [4.78, 5) is 34.4. The van der Waals surface area contributed by atoms with Crippen LogP contribution >= 0.6 is 0 Å². The predicted octanol–water partition coefficient (Wildman–Crippen LogP) is 4.00. The number of para-hydroxylation sites is 1. The maximum Gasteiger partial charge on any atom is 0.261 e. The average molecular weight is 495 g/mol. The van der Waals surface area contributed by atoms with E-state index in [0.29, 0.717) is 34.3 Å². The molecule has 0 aliphatic heterocycles. The number of carbonyl (C=O) groups is 1. The minimum absolute atomic E-state index is 0.0560. The van der Waals surface area contributed by atoms with Crippen molar-refractivity contribution >= 4 is 27.7 Å². The number of aromatic hydroxyl groups is 1. The van der Waals surface area contributed by atoms with Gasteiger partial charge in [0.05, 0.1) is 24.3 Å². The van der Waals surface area contributed by atoms with Crippen LogP contribution < -0.4 is 15.6 Å². The number of aromatic nitrogens is 3. The van der Waals surface area contributed by atoms with Gasteiger partial charge >= 0.3 is 0 Å². The normalized spacial score (nSPS) is 11.9. The van der Waals surface area contributed by atoms with Crippen molar-refractivity contribution < 1.29 is 14.6 Å². The Morgan fingerprint density at radius 3 is 2.65 bits per heavy atom. The largest absolute Gasteiger partial charge is 0.505 e. The van der Waals surface area contributed by atoms with Crippen LogP contribution in [-0.4, -0.2) is 39.2 Å². The zero-order valence-electron chi connectivity index (χ0n) is 20.3. The van der Waals surface area contributed by atoms with Crippen LogP contribution in [0, 0.1) is 0 Å². The van der Waals surface area contributed by atoms with Gasteiger partial charge in [-0.1, -0.05) is 42.5 Å². The Bertz CT molecular complexity index is 1630. The molecule has 8 nitrogen and oxygen atoms in total. The lowest BCUT2D eigenvalue weighted by atomic mass is 9.87. The van der Waals surface area contributed by atoms with Gasteiger partial charge in [0.2, 0.25) is 5.91 Å². The molecule has 0 spiro atoms. The molecule has 2 heterocycles. The van der Waals surface area contributed by atoms with E-state index in [4.69, 9.17) is 4.74 Å². The number of methoxy groups -OCH3 is 1. The molecule has 1 amide bonds. The van der Waals surface area contributed by atoms with Crippen molar-refractivity contribution in [2.45, 2.75) is 18.9 Å². The van der Waals surface area contributed by atoms with Crippen LogP contribution in [0.2, 0.25) is 0 Å². The predicted molar refractivity (Wildman–Crippen MR) is 142 cm³/mol. The van der Waals surface area contributed by atoms with Crippen molar-refractivity contribution in [2.24, 2.45) is 0 Å². The smallest absolute Gasteiger partial charge is 0.261 e. The molecule has 3 aromatic carbocycles. The van der Waals surface area contributed by atoms with Crippen molar-refractivity contribution in [3.05, 3.63) is 107 Å². The first-order chi connectivity index (χ1) is 18.0. The molecular weight excluding hydrogens is 468 g/mol. The van der Waals surface area contributed by atoms with Crippen LogP contribution in [-0.2, 0) is 11.3 Å². The van der Waals surface area contributed by atoms with Gasteiger partial charge in [0.1, 0.15) is 17.0 Å². The summed E-state index contributed by atoms with van der Waals surface area (Å²) in [6.07, 6.45) is 3.23. The summed E-state index contributed by atoms with van der Waals surface area (Å²) in [6, 6.07) is 22.0. The van der Waals surface area contributed by atoms with Gasteiger partial charge < -0.3 is 15.2 Å². The Hall–Kier alpha value is -4.72. The van der Waals surface area contributed by atoms with Crippen LogP contribution in [0.15, 0.2) is 90.1 Å². The number of fused-ring (bicyclic) bond motifs is 2. The monoisotopic (exact) mass is 494 g/mol. The van der Waals surface area contributed by atoms with Crippen LogP contribution in [0.5, 0.6) is 11.5 Å². The van der Waals surface area contributed by atoms with Gasteiger partial charge in [-0.2, -0.15) is 0 Å². The van der Waals surface area contributed by atoms with E-state index in [-0.39, 0.29) is 30.2 Å². The Balaban J connectivity index is 1.36. The molecule has 8 heteroatoms. The fourth-order valence-corrected chi connectivity index (χ4v) is 4.51. The molecule has 2 N–H and O–H groups in total.